The van der Waals surface area contributed by atoms with E-state index < -0.39 is 40.6 Å². The minimum Gasteiger partial charge on any atom is -0.497 e. The van der Waals surface area contributed by atoms with Gasteiger partial charge in [0.2, 0.25) is 5.91 Å². The molecule has 2 atom stereocenters. The van der Waals surface area contributed by atoms with Crippen LogP contribution in [0.5, 0.6) is 5.75 Å². The zero-order valence-electron chi connectivity index (χ0n) is 30.9. The summed E-state index contributed by atoms with van der Waals surface area (Å²) in [4.78, 5) is 60.3. The summed E-state index contributed by atoms with van der Waals surface area (Å²) in [5, 5.41) is 8.07. The van der Waals surface area contributed by atoms with Crippen molar-refractivity contribution in [2.75, 3.05) is 32.1 Å². The molecule has 2 aromatic carbocycles. The summed E-state index contributed by atoms with van der Waals surface area (Å²) >= 11 is 0. The average molecular weight is 705 g/mol. The number of ether oxygens (including phenoxy) is 3. The van der Waals surface area contributed by atoms with Crippen LogP contribution in [0, 0.1) is 5.92 Å². The SMILES string of the molecule is COc1ccc(C(C)(C(=O)N2CCC(C)CC2)n2cnc(NC(=O)C(COCc3ccccc3)NC(=O)C(C)(C)NC(=O)OC(C)(C)C)c2)cc1. The maximum absolute atomic E-state index is 14.3. The molecule has 13 heteroatoms. The molecule has 0 spiro atoms. The van der Waals surface area contributed by atoms with Crippen LogP contribution < -0.4 is 20.7 Å². The lowest BCUT2D eigenvalue weighted by Crippen LogP contribution is -2.59. The quantitative estimate of drug-likeness (QED) is 0.228. The van der Waals surface area contributed by atoms with Crippen molar-refractivity contribution in [2.24, 2.45) is 5.92 Å². The van der Waals surface area contributed by atoms with Crippen LogP contribution in [-0.4, -0.2) is 82.3 Å². The molecule has 3 aromatic rings. The Morgan fingerprint density at radius 3 is 2.20 bits per heavy atom. The molecule has 3 N–H and O–H groups in total. The molecular weight excluding hydrogens is 652 g/mol. The van der Waals surface area contributed by atoms with Crippen LogP contribution in [0.1, 0.15) is 72.4 Å². The molecule has 1 aromatic heterocycles. The smallest absolute Gasteiger partial charge is 0.408 e. The van der Waals surface area contributed by atoms with Crippen molar-refractivity contribution < 1.29 is 33.4 Å². The summed E-state index contributed by atoms with van der Waals surface area (Å²) in [7, 11) is 1.58. The van der Waals surface area contributed by atoms with Crippen molar-refractivity contribution in [1.29, 1.82) is 0 Å². The number of hydrogen-bond donors (Lipinski definition) is 3. The Balaban J connectivity index is 1.56. The molecule has 276 valence electrons. The first kappa shape index (κ1) is 38.9. The summed E-state index contributed by atoms with van der Waals surface area (Å²) in [6.45, 7) is 13.5. The number of methoxy groups -OCH3 is 1. The normalized spacial score (nSPS) is 15.6. The van der Waals surface area contributed by atoms with Gasteiger partial charge in [0.25, 0.3) is 11.8 Å². The number of rotatable bonds is 13. The first-order chi connectivity index (χ1) is 24.0. The molecular formula is C38H52N6O7. The first-order valence-electron chi connectivity index (χ1n) is 17.2. The first-order valence-corrected chi connectivity index (χ1v) is 17.2. The molecule has 13 nitrogen and oxygen atoms in total. The van der Waals surface area contributed by atoms with Crippen LogP contribution in [0.2, 0.25) is 0 Å². The second kappa shape index (κ2) is 16.4. The number of imidazole rings is 1. The van der Waals surface area contributed by atoms with Gasteiger partial charge in [0, 0.05) is 19.3 Å². The zero-order chi connectivity index (χ0) is 37.4. The van der Waals surface area contributed by atoms with E-state index in [1.54, 1.807) is 50.8 Å². The fraction of sp³-hybridized carbons (Fsp3) is 0.500. The third kappa shape index (κ3) is 10.3. The number of likely N-dealkylation sites (tertiary alicyclic amines) is 1. The van der Waals surface area contributed by atoms with Gasteiger partial charge in [-0.1, -0.05) is 49.4 Å². The number of anilines is 1. The molecule has 1 aliphatic heterocycles. The molecule has 0 aliphatic carbocycles. The molecule has 0 radical (unpaired) electrons. The lowest BCUT2D eigenvalue weighted by atomic mass is 9.88. The van der Waals surface area contributed by atoms with E-state index in [1.807, 2.05) is 54.3 Å². The molecule has 1 fully saturated rings. The van der Waals surface area contributed by atoms with E-state index >= 15 is 0 Å². The van der Waals surface area contributed by atoms with Gasteiger partial charge in [-0.15, -0.1) is 0 Å². The molecule has 2 unspecified atom stereocenters. The lowest BCUT2D eigenvalue weighted by Gasteiger charge is -2.39. The van der Waals surface area contributed by atoms with E-state index in [0.717, 1.165) is 24.0 Å². The second-order valence-electron chi connectivity index (χ2n) is 14.7. The van der Waals surface area contributed by atoms with Crippen LogP contribution in [0.4, 0.5) is 10.6 Å². The van der Waals surface area contributed by atoms with Crippen LogP contribution in [0.15, 0.2) is 67.1 Å². The average Bonchev–Trinajstić information content (AvgIpc) is 3.55. The maximum Gasteiger partial charge on any atom is 0.408 e. The molecule has 0 bridgehead atoms. The van der Waals surface area contributed by atoms with E-state index in [1.165, 1.54) is 20.2 Å². The Kier molecular flexibility index (Phi) is 12.5. The standard InChI is InChI=1S/C38H52N6O7/c1-26-18-20-43(21-19-26)34(47)38(7,28-14-16-29(49-8)17-15-28)44-22-31(39-25-44)41-32(45)30(24-50-23-27-12-10-9-11-13-27)40-33(46)37(5,6)42-35(48)51-36(2,3)4/h9-17,22,25-26,30H,18-21,23-24H2,1-8H3,(H,40,46)(H,41,45)(H,42,48). The van der Waals surface area contributed by atoms with Gasteiger partial charge in [-0.25, -0.2) is 9.78 Å². The van der Waals surface area contributed by atoms with Gasteiger partial charge < -0.3 is 39.6 Å². The minimum absolute atomic E-state index is 0.0889. The van der Waals surface area contributed by atoms with Crippen LogP contribution in [0.25, 0.3) is 0 Å². The van der Waals surface area contributed by atoms with Crippen molar-refractivity contribution >= 4 is 29.6 Å². The monoisotopic (exact) mass is 704 g/mol. The number of aromatic nitrogens is 2. The van der Waals surface area contributed by atoms with Crippen LogP contribution >= 0.6 is 0 Å². The number of piperidine rings is 1. The zero-order valence-corrected chi connectivity index (χ0v) is 30.9. The van der Waals surface area contributed by atoms with Crippen LogP contribution in [-0.2, 0) is 36.0 Å². The Hall–Kier alpha value is -4.91. The summed E-state index contributed by atoms with van der Waals surface area (Å²) in [6.07, 6.45) is 4.17. The number of alkyl carbamates (subject to hydrolysis) is 1. The van der Waals surface area contributed by atoms with Gasteiger partial charge in [-0.3, -0.25) is 14.4 Å². The minimum atomic E-state index is -1.44. The topological polar surface area (TPSA) is 153 Å². The molecule has 1 aliphatic rings. The Labute approximate surface area is 300 Å². The predicted octanol–water partition coefficient (Wildman–Crippen LogP) is 4.86. The third-order valence-electron chi connectivity index (χ3n) is 8.89. The number of amides is 4. The lowest BCUT2D eigenvalue weighted by molar-refractivity contribution is -0.139. The van der Waals surface area contributed by atoms with E-state index in [9.17, 15) is 19.2 Å². The van der Waals surface area contributed by atoms with Crippen molar-refractivity contribution in [3.05, 3.63) is 78.2 Å². The van der Waals surface area contributed by atoms with Crippen LogP contribution in [0.3, 0.4) is 0 Å². The maximum atomic E-state index is 14.3. The molecule has 51 heavy (non-hydrogen) atoms. The number of carbonyl (C=O) groups is 4. The number of benzene rings is 2. The fourth-order valence-electron chi connectivity index (χ4n) is 5.67. The summed E-state index contributed by atoms with van der Waals surface area (Å²) in [5.74, 6) is 0.0569. The van der Waals surface area contributed by atoms with Crippen molar-refractivity contribution in [2.45, 2.75) is 90.6 Å². The largest absolute Gasteiger partial charge is 0.497 e. The number of nitrogens with one attached hydrogen (secondary N) is 3. The number of hydrogen-bond acceptors (Lipinski definition) is 8. The molecule has 4 rings (SSSR count). The highest BCUT2D eigenvalue weighted by Crippen LogP contribution is 2.32. The van der Waals surface area contributed by atoms with Gasteiger partial charge in [0.15, 0.2) is 5.82 Å². The van der Waals surface area contributed by atoms with E-state index in [0.29, 0.717) is 24.8 Å². The third-order valence-corrected chi connectivity index (χ3v) is 8.89. The predicted molar refractivity (Wildman–Crippen MR) is 193 cm³/mol. The van der Waals surface area contributed by atoms with E-state index in [-0.39, 0.29) is 24.9 Å². The van der Waals surface area contributed by atoms with Crippen molar-refractivity contribution in [3.63, 3.8) is 0 Å². The Morgan fingerprint density at radius 1 is 0.941 bits per heavy atom. The van der Waals surface area contributed by atoms with Gasteiger partial charge in [-0.05, 0) is 83.6 Å². The van der Waals surface area contributed by atoms with Gasteiger partial charge >= 0.3 is 6.09 Å². The second-order valence-corrected chi connectivity index (χ2v) is 14.7. The highest BCUT2D eigenvalue weighted by atomic mass is 16.6. The number of nitrogens with zero attached hydrogens (tertiary/aromatic N) is 3. The highest BCUT2D eigenvalue weighted by Gasteiger charge is 2.41. The van der Waals surface area contributed by atoms with Gasteiger partial charge in [0.05, 0.1) is 26.7 Å². The van der Waals surface area contributed by atoms with E-state index in [2.05, 4.69) is 27.9 Å². The van der Waals surface area contributed by atoms with Crippen molar-refractivity contribution in [3.8, 4) is 5.75 Å². The molecule has 1 saturated heterocycles. The Bertz CT molecular complexity index is 1640. The number of carbonyl (C=O) groups excluding carboxylic acids is 4. The fourth-order valence-corrected chi connectivity index (χ4v) is 5.67. The summed E-state index contributed by atoms with van der Waals surface area (Å²) in [6, 6.07) is 15.6. The van der Waals surface area contributed by atoms with E-state index in [4.69, 9.17) is 14.2 Å². The molecule has 0 saturated carbocycles. The van der Waals surface area contributed by atoms with Gasteiger partial charge in [0.1, 0.15) is 28.5 Å². The summed E-state index contributed by atoms with van der Waals surface area (Å²) < 4.78 is 18.2. The molecule has 2 heterocycles. The highest BCUT2D eigenvalue weighted by molar-refractivity contribution is 5.98. The Morgan fingerprint density at radius 2 is 1.59 bits per heavy atom. The van der Waals surface area contributed by atoms with Crippen molar-refractivity contribution in [1.82, 2.24) is 25.1 Å². The van der Waals surface area contributed by atoms with Gasteiger partial charge in [-0.2, -0.15) is 0 Å². The summed E-state index contributed by atoms with van der Waals surface area (Å²) in [5.41, 5.74) is -1.78. The molecule has 4 amide bonds.